The fraction of sp³-hybridized carbons (Fsp3) is 0.688. The summed E-state index contributed by atoms with van der Waals surface area (Å²) in [6, 6.07) is 4.45. The van der Waals surface area contributed by atoms with E-state index in [1.807, 2.05) is 17.5 Å². The summed E-state index contributed by atoms with van der Waals surface area (Å²) in [4.78, 5) is 15.3. The second-order valence-corrected chi connectivity index (χ2v) is 5.95. The van der Waals surface area contributed by atoms with Crippen LogP contribution in [-0.2, 0) is 4.74 Å². The summed E-state index contributed by atoms with van der Waals surface area (Å²) in [5.41, 5.74) is 0. The van der Waals surface area contributed by atoms with Crippen molar-refractivity contribution >= 4 is 17.1 Å². The Balaban J connectivity index is 2.39. The Morgan fingerprint density at radius 1 is 1.35 bits per heavy atom. The average Bonchev–Trinajstić information content (AvgIpc) is 2.99. The van der Waals surface area contributed by atoms with Crippen molar-refractivity contribution in [3.63, 3.8) is 0 Å². The van der Waals surface area contributed by atoms with Gasteiger partial charge >= 0.3 is 0 Å². The van der Waals surface area contributed by atoms with E-state index >= 15 is 0 Å². The third-order valence-corrected chi connectivity index (χ3v) is 4.60. The standard InChI is InChI=1S/C16H27NO2S/c1-4-14(5-2)17(11-12-19-3)10-6-8-15(18)16-9-7-13-20-16/h7,9,13-14H,4-6,8,10-12H2,1-3H3. The molecule has 114 valence electrons. The molecule has 0 bridgehead atoms. The summed E-state index contributed by atoms with van der Waals surface area (Å²) in [5, 5.41) is 1.96. The minimum absolute atomic E-state index is 0.274. The van der Waals surface area contributed by atoms with Crippen molar-refractivity contribution < 1.29 is 9.53 Å². The molecule has 0 aromatic carbocycles. The van der Waals surface area contributed by atoms with Gasteiger partial charge in [-0.2, -0.15) is 0 Å². The molecular weight excluding hydrogens is 270 g/mol. The van der Waals surface area contributed by atoms with Gasteiger partial charge in [0.25, 0.3) is 0 Å². The molecule has 0 aliphatic rings. The molecule has 0 saturated heterocycles. The summed E-state index contributed by atoms with van der Waals surface area (Å²) >= 11 is 1.54. The van der Waals surface area contributed by atoms with Gasteiger partial charge in [-0.3, -0.25) is 9.69 Å². The van der Waals surface area contributed by atoms with Crippen molar-refractivity contribution in [3.05, 3.63) is 22.4 Å². The maximum Gasteiger partial charge on any atom is 0.172 e. The van der Waals surface area contributed by atoms with E-state index in [1.54, 1.807) is 7.11 Å². The van der Waals surface area contributed by atoms with Crippen LogP contribution in [0.25, 0.3) is 0 Å². The Bertz CT molecular complexity index is 361. The van der Waals surface area contributed by atoms with Crippen molar-refractivity contribution in [3.8, 4) is 0 Å². The lowest BCUT2D eigenvalue weighted by Gasteiger charge is -2.30. The summed E-state index contributed by atoms with van der Waals surface area (Å²) in [7, 11) is 1.74. The van der Waals surface area contributed by atoms with Crippen LogP contribution in [0.1, 0.15) is 49.2 Å². The Morgan fingerprint density at radius 3 is 2.65 bits per heavy atom. The van der Waals surface area contributed by atoms with E-state index in [4.69, 9.17) is 4.74 Å². The normalized spacial score (nSPS) is 11.4. The van der Waals surface area contributed by atoms with Gasteiger partial charge in [0.2, 0.25) is 0 Å². The first-order valence-corrected chi connectivity index (χ1v) is 8.40. The summed E-state index contributed by atoms with van der Waals surface area (Å²) in [6.07, 6.45) is 3.87. The fourth-order valence-electron chi connectivity index (χ4n) is 2.49. The van der Waals surface area contributed by atoms with Gasteiger partial charge in [0, 0.05) is 26.1 Å². The van der Waals surface area contributed by atoms with E-state index in [1.165, 1.54) is 11.3 Å². The number of ether oxygens (including phenoxy) is 1. The van der Waals surface area contributed by atoms with Gasteiger partial charge in [-0.1, -0.05) is 19.9 Å². The largest absolute Gasteiger partial charge is 0.383 e. The predicted octanol–water partition coefficient (Wildman–Crippen LogP) is 3.85. The topological polar surface area (TPSA) is 29.5 Å². The first-order chi connectivity index (χ1) is 9.72. The van der Waals surface area contributed by atoms with Crippen LogP contribution in [0.3, 0.4) is 0 Å². The van der Waals surface area contributed by atoms with Gasteiger partial charge < -0.3 is 4.74 Å². The van der Waals surface area contributed by atoms with Crippen molar-refractivity contribution in [2.24, 2.45) is 0 Å². The molecule has 0 aliphatic carbocycles. The number of carbonyl (C=O) groups excluding carboxylic acids is 1. The number of Topliss-reactive ketones (excluding diaryl/α,β-unsaturated/α-hetero) is 1. The van der Waals surface area contributed by atoms with Crippen molar-refractivity contribution in [2.45, 2.75) is 45.6 Å². The maximum atomic E-state index is 12.0. The predicted molar refractivity (Wildman–Crippen MR) is 85.7 cm³/mol. The SMILES string of the molecule is CCC(CC)N(CCCC(=O)c1cccs1)CCOC. The summed E-state index contributed by atoms with van der Waals surface area (Å²) < 4.78 is 5.19. The van der Waals surface area contributed by atoms with E-state index in [2.05, 4.69) is 18.7 Å². The molecule has 0 aliphatic heterocycles. The zero-order valence-corrected chi connectivity index (χ0v) is 13.7. The number of hydrogen-bond acceptors (Lipinski definition) is 4. The van der Waals surface area contributed by atoms with Crippen LogP contribution in [0.4, 0.5) is 0 Å². The molecular formula is C16H27NO2S. The minimum atomic E-state index is 0.274. The molecule has 0 N–H and O–H groups in total. The average molecular weight is 297 g/mol. The zero-order chi connectivity index (χ0) is 14.8. The molecule has 0 unspecified atom stereocenters. The molecule has 0 radical (unpaired) electrons. The lowest BCUT2D eigenvalue weighted by atomic mass is 10.1. The second kappa shape index (κ2) is 10.1. The summed E-state index contributed by atoms with van der Waals surface area (Å²) in [5.74, 6) is 0.274. The molecule has 0 saturated carbocycles. The zero-order valence-electron chi connectivity index (χ0n) is 12.9. The number of hydrogen-bond donors (Lipinski definition) is 0. The number of carbonyl (C=O) groups is 1. The van der Waals surface area contributed by atoms with Crippen LogP contribution in [0.15, 0.2) is 17.5 Å². The second-order valence-electron chi connectivity index (χ2n) is 5.00. The third kappa shape index (κ3) is 5.73. The van der Waals surface area contributed by atoms with Gasteiger partial charge in [0.15, 0.2) is 5.78 Å². The maximum absolute atomic E-state index is 12.0. The fourth-order valence-corrected chi connectivity index (χ4v) is 3.19. The van der Waals surface area contributed by atoms with E-state index in [0.29, 0.717) is 12.5 Å². The Labute approximate surface area is 126 Å². The van der Waals surface area contributed by atoms with Crippen molar-refractivity contribution in [1.29, 1.82) is 0 Å². The highest BCUT2D eigenvalue weighted by Gasteiger charge is 2.15. The Morgan fingerprint density at radius 2 is 2.10 bits per heavy atom. The molecule has 20 heavy (non-hydrogen) atoms. The molecule has 4 heteroatoms. The van der Waals surface area contributed by atoms with Gasteiger partial charge in [0.05, 0.1) is 11.5 Å². The van der Waals surface area contributed by atoms with E-state index in [9.17, 15) is 4.79 Å². The number of thiophene rings is 1. The molecule has 1 aromatic rings. The highest BCUT2D eigenvalue weighted by molar-refractivity contribution is 7.12. The van der Waals surface area contributed by atoms with E-state index in [-0.39, 0.29) is 5.78 Å². The van der Waals surface area contributed by atoms with Gasteiger partial charge in [-0.05, 0) is 37.3 Å². The highest BCUT2D eigenvalue weighted by Crippen LogP contribution is 2.14. The van der Waals surface area contributed by atoms with E-state index < -0.39 is 0 Å². The van der Waals surface area contributed by atoms with Gasteiger partial charge in [-0.15, -0.1) is 11.3 Å². The molecule has 1 rings (SSSR count). The number of ketones is 1. The van der Waals surface area contributed by atoms with Crippen LogP contribution in [0, 0.1) is 0 Å². The van der Waals surface area contributed by atoms with Crippen LogP contribution in [-0.4, -0.2) is 43.5 Å². The highest BCUT2D eigenvalue weighted by atomic mass is 32.1. The number of rotatable bonds is 11. The molecule has 0 spiro atoms. The molecule has 1 aromatic heterocycles. The van der Waals surface area contributed by atoms with Crippen LogP contribution in [0.5, 0.6) is 0 Å². The lowest BCUT2D eigenvalue weighted by Crippen LogP contribution is -2.37. The smallest absolute Gasteiger partial charge is 0.172 e. The first kappa shape index (κ1) is 17.3. The summed E-state index contributed by atoms with van der Waals surface area (Å²) in [6.45, 7) is 7.15. The van der Waals surface area contributed by atoms with Crippen LogP contribution >= 0.6 is 11.3 Å². The number of nitrogens with zero attached hydrogens (tertiary/aromatic N) is 1. The van der Waals surface area contributed by atoms with E-state index in [0.717, 1.165) is 43.8 Å². The monoisotopic (exact) mass is 297 g/mol. The van der Waals surface area contributed by atoms with Crippen molar-refractivity contribution in [1.82, 2.24) is 4.90 Å². The first-order valence-electron chi connectivity index (χ1n) is 7.52. The Kier molecular flexibility index (Phi) is 8.74. The van der Waals surface area contributed by atoms with Crippen molar-refractivity contribution in [2.75, 3.05) is 26.8 Å². The van der Waals surface area contributed by atoms with Crippen LogP contribution < -0.4 is 0 Å². The van der Waals surface area contributed by atoms with Crippen LogP contribution in [0.2, 0.25) is 0 Å². The minimum Gasteiger partial charge on any atom is -0.383 e. The van der Waals surface area contributed by atoms with Gasteiger partial charge in [0.1, 0.15) is 0 Å². The third-order valence-electron chi connectivity index (χ3n) is 3.69. The molecule has 1 heterocycles. The van der Waals surface area contributed by atoms with Gasteiger partial charge in [-0.25, -0.2) is 0 Å². The number of methoxy groups -OCH3 is 1. The lowest BCUT2D eigenvalue weighted by molar-refractivity contribution is 0.0951. The molecule has 0 atom stereocenters. The quantitative estimate of drug-likeness (QED) is 0.581. The molecule has 3 nitrogen and oxygen atoms in total. The molecule has 0 fully saturated rings. The Hall–Kier alpha value is -0.710. The molecule has 0 amide bonds.